The van der Waals surface area contributed by atoms with E-state index in [1.54, 1.807) is 18.5 Å². The molecule has 0 aliphatic heterocycles. The molecule has 106 valence electrons. The average Bonchev–Trinajstić information content (AvgIpc) is 2.46. The summed E-state index contributed by atoms with van der Waals surface area (Å²) in [5, 5.41) is 3.29. The Labute approximate surface area is 118 Å². The number of halogens is 1. The van der Waals surface area contributed by atoms with Crippen molar-refractivity contribution in [2.75, 3.05) is 7.11 Å². The lowest BCUT2D eigenvalue weighted by atomic mass is 10.1. The Morgan fingerprint density at radius 1 is 1.30 bits per heavy atom. The number of aryl methyl sites for hydroxylation is 1. The zero-order valence-electron chi connectivity index (χ0n) is 11.9. The minimum Gasteiger partial charge on any atom is -0.494 e. The maximum atomic E-state index is 13.6. The first-order chi connectivity index (χ1) is 9.60. The van der Waals surface area contributed by atoms with Gasteiger partial charge >= 0.3 is 0 Å². The first-order valence-electron chi connectivity index (χ1n) is 6.44. The summed E-state index contributed by atoms with van der Waals surface area (Å²) < 4.78 is 18.5. The molecule has 1 unspecified atom stereocenters. The summed E-state index contributed by atoms with van der Waals surface area (Å²) in [5.41, 5.74) is 2.61. The third-order valence-corrected chi connectivity index (χ3v) is 3.10. The first kappa shape index (κ1) is 14.4. The molecule has 0 radical (unpaired) electrons. The van der Waals surface area contributed by atoms with E-state index >= 15 is 0 Å². The molecule has 1 atom stereocenters. The van der Waals surface area contributed by atoms with Crippen LogP contribution in [0.1, 0.15) is 29.9 Å². The highest BCUT2D eigenvalue weighted by molar-refractivity contribution is 5.30. The van der Waals surface area contributed by atoms with Gasteiger partial charge in [-0.05, 0) is 31.5 Å². The van der Waals surface area contributed by atoms with Crippen LogP contribution in [-0.2, 0) is 6.54 Å². The lowest BCUT2D eigenvalue weighted by molar-refractivity contribution is 0.385. The van der Waals surface area contributed by atoms with Gasteiger partial charge in [-0.15, -0.1) is 0 Å². The van der Waals surface area contributed by atoms with Gasteiger partial charge in [0.05, 0.1) is 18.5 Å². The minimum atomic E-state index is -0.353. The van der Waals surface area contributed by atoms with Crippen molar-refractivity contribution in [1.82, 2.24) is 15.3 Å². The van der Waals surface area contributed by atoms with Gasteiger partial charge in [0, 0.05) is 25.0 Å². The van der Waals surface area contributed by atoms with E-state index in [2.05, 4.69) is 15.3 Å². The maximum absolute atomic E-state index is 13.6. The van der Waals surface area contributed by atoms with Crippen LogP contribution in [-0.4, -0.2) is 17.1 Å². The van der Waals surface area contributed by atoms with Crippen LogP contribution < -0.4 is 10.1 Å². The first-order valence-corrected chi connectivity index (χ1v) is 6.44. The molecule has 0 fully saturated rings. The molecule has 0 spiro atoms. The van der Waals surface area contributed by atoms with E-state index in [1.807, 2.05) is 19.9 Å². The summed E-state index contributed by atoms with van der Waals surface area (Å²) in [6.45, 7) is 4.46. The number of ether oxygens (including phenoxy) is 1. The third-order valence-electron chi connectivity index (χ3n) is 3.10. The molecule has 0 saturated heterocycles. The van der Waals surface area contributed by atoms with Crippen molar-refractivity contribution in [2.24, 2.45) is 0 Å². The number of benzene rings is 1. The zero-order chi connectivity index (χ0) is 14.5. The minimum absolute atomic E-state index is 0.0125. The van der Waals surface area contributed by atoms with Crippen molar-refractivity contribution >= 4 is 0 Å². The van der Waals surface area contributed by atoms with Crippen LogP contribution in [0.3, 0.4) is 0 Å². The molecule has 1 heterocycles. The highest BCUT2D eigenvalue weighted by Crippen LogP contribution is 2.21. The van der Waals surface area contributed by atoms with Crippen LogP contribution in [0, 0.1) is 12.7 Å². The Morgan fingerprint density at radius 2 is 2.10 bits per heavy atom. The fraction of sp³-hybridized carbons (Fsp3) is 0.333. The largest absolute Gasteiger partial charge is 0.494 e. The third kappa shape index (κ3) is 3.51. The van der Waals surface area contributed by atoms with Crippen LogP contribution in [0.5, 0.6) is 5.75 Å². The Balaban J connectivity index is 1.99. The van der Waals surface area contributed by atoms with Crippen molar-refractivity contribution in [3.8, 4) is 5.75 Å². The highest BCUT2D eigenvalue weighted by Gasteiger charge is 2.09. The number of nitrogens with one attached hydrogen (secondary N) is 1. The van der Waals surface area contributed by atoms with Gasteiger partial charge in [0.2, 0.25) is 0 Å². The normalized spacial score (nSPS) is 12.2. The van der Waals surface area contributed by atoms with E-state index in [9.17, 15) is 4.39 Å². The van der Waals surface area contributed by atoms with Gasteiger partial charge in [-0.25, -0.2) is 4.39 Å². The Kier molecular flexibility index (Phi) is 4.63. The number of aromatic nitrogens is 2. The number of methoxy groups -OCH3 is 1. The molecule has 0 aliphatic carbocycles. The van der Waals surface area contributed by atoms with E-state index in [1.165, 1.54) is 13.2 Å². The predicted octanol–water partition coefficient (Wildman–Crippen LogP) is 2.78. The number of hydrogen-bond acceptors (Lipinski definition) is 4. The smallest absolute Gasteiger partial charge is 0.165 e. The molecular weight excluding hydrogens is 257 g/mol. The molecule has 0 amide bonds. The second-order valence-corrected chi connectivity index (χ2v) is 4.65. The molecule has 1 aromatic carbocycles. The van der Waals surface area contributed by atoms with Crippen LogP contribution in [0.25, 0.3) is 0 Å². The predicted molar refractivity (Wildman–Crippen MR) is 75.0 cm³/mol. The van der Waals surface area contributed by atoms with Gasteiger partial charge in [0.25, 0.3) is 0 Å². The van der Waals surface area contributed by atoms with Crippen LogP contribution in [0.4, 0.5) is 4.39 Å². The van der Waals surface area contributed by atoms with Gasteiger partial charge in [-0.1, -0.05) is 6.07 Å². The molecule has 2 aromatic rings. The fourth-order valence-corrected chi connectivity index (χ4v) is 1.84. The molecule has 20 heavy (non-hydrogen) atoms. The second-order valence-electron chi connectivity index (χ2n) is 4.65. The Hall–Kier alpha value is -2.01. The van der Waals surface area contributed by atoms with Gasteiger partial charge in [0.15, 0.2) is 11.6 Å². The summed E-state index contributed by atoms with van der Waals surface area (Å²) in [6.07, 6.45) is 3.47. The van der Waals surface area contributed by atoms with Crippen molar-refractivity contribution in [3.05, 3.63) is 53.4 Å². The summed E-state index contributed by atoms with van der Waals surface area (Å²) >= 11 is 0. The average molecular weight is 275 g/mol. The molecule has 1 N–H and O–H groups in total. The van der Waals surface area contributed by atoms with E-state index in [4.69, 9.17) is 4.74 Å². The van der Waals surface area contributed by atoms with E-state index in [-0.39, 0.29) is 17.6 Å². The number of rotatable bonds is 5. The summed E-state index contributed by atoms with van der Waals surface area (Å²) in [5.74, 6) is -0.0980. The lowest BCUT2D eigenvalue weighted by Crippen LogP contribution is -2.19. The van der Waals surface area contributed by atoms with E-state index < -0.39 is 0 Å². The molecule has 0 aliphatic rings. The standard InChI is InChI=1S/C15H18FN3O/c1-10-7-19-13(8-17-10)9-18-11(2)12-4-5-15(20-3)14(16)6-12/h4-8,11,18H,9H2,1-3H3. The summed E-state index contributed by atoms with van der Waals surface area (Å²) in [7, 11) is 1.45. The fourth-order valence-electron chi connectivity index (χ4n) is 1.84. The topological polar surface area (TPSA) is 47.0 Å². The molecule has 2 rings (SSSR count). The maximum Gasteiger partial charge on any atom is 0.165 e. The van der Waals surface area contributed by atoms with Crippen LogP contribution in [0.15, 0.2) is 30.6 Å². The van der Waals surface area contributed by atoms with Gasteiger partial charge in [-0.3, -0.25) is 9.97 Å². The molecule has 5 heteroatoms. The van der Waals surface area contributed by atoms with E-state index in [0.29, 0.717) is 6.54 Å². The van der Waals surface area contributed by atoms with Gasteiger partial charge in [-0.2, -0.15) is 0 Å². The highest BCUT2D eigenvalue weighted by atomic mass is 19.1. The number of nitrogens with zero attached hydrogens (tertiary/aromatic N) is 2. The summed E-state index contributed by atoms with van der Waals surface area (Å²) in [4.78, 5) is 8.46. The van der Waals surface area contributed by atoms with Gasteiger partial charge in [0.1, 0.15) is 0 Å². The van der Waals surface area contributed by atoms with Crippen molar-refractivity contribution < 1.29 is 9.13 Å². The van der Waals surface area contributed by atoms with Gasteiger partial charge < -0.3 is 10.1 Å². The molecular formula is C15H18FN3O. The molecule has 1 aromatic heterocycles. The quantitative estimate of drug-likeness (QED) is 0.911. The number of hydrogen-bond donors (Lipinski definition) is 1. The van der Waals surface area contributed by atoms with Crippen LogP contribution >= 0.6 is 0 Å². The van der Waals surface area contributed by atoms with Crippen LogP contribution in [0.2, 0.25) is 0 Å². The Morgan fingerprint density at radius 3 is 2.70 bits per heavy atom. The lowest BCUT2D eigenvalue weighted by Gasteiger charge is -2.14. The van der Waals surface area contributed by atoms with Crippen molar-refractivity contribution in [3.63, 3.8) is 0 Å². The van der Waals surface area contributed by atoms with Crippen molar-refractivity contribution in [1.29, 1.82) is 0 Å². The SMILES string of the molecule is COc1ccc(C(C)NCc2cnc(C)cn2)cc1F. The van der Waals surface area contributed by atoms with Crippen molar-refractivity contribution in [2.45, 2.75) is 26.4 Å². The second kappa shape index (κ2) is 6.43. The summed E-state index contributed by atoms with van der Waals surface area (Å²) in [6, 6.07) is 4.98. The monoisotopic (exact) mass is 275 g/mol. The zero-order valence-corrected chi connectivity index (χ0v) is 11.9. The molecule has 4 nitrogen and oxygen atoms in total. The molecule has 0 bridgehead atoms. The van der Waals surface area contributed by atoms with E-state index in [0.717, 1.165) is 17.0 Å². The molecule has 0 saturated carbocycles. The Bertz CT molecular complexity index is 572.